The molecule has 2 rings (SSSR count). The first-order valence-corrected chi connectivity index (χ1v) is 7.06. The summed E-state index contributed by atoms with van der Waals surface area (Å²) >= 11 is 0. The molecule has 1 aliphatic heterocycles. The number of likely N-dealkylation sites (tertiary alicyclic amines) is 1. The minimum Gasteiger partial charge on any atom is -0.398 e. The summed E-state index contributed by atoms with van der Waals surface area (Å²) in [5.74, 6) is -0.214. The summed E-state index contributed by atoms with van der Waals surface area (Å²) in [4.78, 5) is 4.76. The molecule has 19 heavy (non-hydrogen) atoms. The van der Waals surface area contributed by atoms with Gasteiger partial charge in [0, 0.05) is 24.8 Å². The molecule has 0 bridgehead atoms. The standard InChI is InChI=1S/C15H24FN3/c1-3-19-8-4-5-14(19)11-18(2)10-12-9-13(16)6-7-15(12)17/h6-7,9,14H,3-5,8,10-11,17H2,1-2H3. The lowest BCUT2D eigenvalue weighted by atomic mass is 10.1. The van der Waals surface area contributed by atoms with Gasteiger partial charge in [-0.25, -0.2) is 4.39 Å². The van der Waals surface area contributed by atoms with Gasteiger partial charge in [0.25, 0.3) is 0 Å². The molecular weight excluding hydrogens is 241 g/mol. The maximum atomic E-state index is 13.2. The maximum Gasteiger partial charge on any atom is 0.123 e. The average Bonchev–Trinajstić information content (AvgIpc) is 2.81. The van der Waals surface area contributed by atoms with E-state index >= 15 is 0 Å². The van der Waals surface area contributed by atoms with Crippen LogP contribution in [0.3, 0.4) is 0 Å². The van der Waals surface area contributed by atoms with E-state index in [-0.39, 0.29) is 5.82 Å². The van der Waals surface area contributed by atoms with Gasteiger partial charge in [0.1, 0.15) is 5.82 Å². The van der Waals surface area contributed by atoms with Crippen LogP contribution in [0.15, 0.2) is 18.2 Å². The monoisotopic (exact) mass is 265 g/mol. The molecule has 1 aliphatic rings. The first kappa shape index (κ1) is 14.3. The Kier molecular flexibility index (Phi) is 4.77. The number of likely N-dealkylation sites (N-methyl/N-ethyl adjacent to an activating group) is 2. The van der Waals surface area contributed by atoms with Crippen molar-refractivity contribution in [2.45, 2.75) is 32.4 Å². The van der Waals surface area contributed by atoms with E-state index in [0.29, 0.717) is 18.3 Å². The fraction of sp³-hybridized carbons (Fsp3) is 0.600. The predicted molar refractivity (Wildman–Crippen MR) is 77.4 cm³/mol. The third-order valence-electron chi connectivity index (χ3n) is 3.97. The molecule has 3 nitrogen and oxygen atoms in total. The summed E-state index contributed by atoms with van der Waals surface area (Å²) in [5.41, 5.74) is 7.45. The quantitative estimate of drug-likeness (QED) is 0.829. The molecule has 1 atom stereocenters. The Morgan fingerprint density at radius 3 is 3.00 bits per heavy atom. The van der Waals surface area contributed by atoms with Crippen molar-refractivity contribution in [2.24, 2.45) is 0 Å². The third-order valence-corrected chi connectivity index (χ3v) is 3.97. The van der Waals surface area contributed by atoms with Gasteiger partial charge >= 0.3 is 0 Å². The van der Waals surface area contributed by atoms with Crippen LogP contribution in [-0.2, 0) is 6.54 Å². The Bertz CT molecular complexity index is 422. The smallest absolute Gasteiger partial charge is 0.123 e. The number of nitrogens with zero attached hydrogens (tertiary/aromatic N) is 2. The lowest BCUT2D eigenvalue weighted by molar-refractivity contribution is 0.195. The van der Waals surface area contributed by atoms with Gasteiger partial charge in [-0.3, -0.25) is 4.90 Å². The van der Waals surface area contributed by atoms with Gasteiger partial charge in [-0.05, 0) is 56.7 Å². The number of nitrogens with two attached hydrogens (primary N) is 1. The second-order valence-electron chi connectivity index (χ2n) is 5.46. The highest BCUT2D eigenvalue weighted by molar-refractivity contribution is 5.46. The van der Waals surface area contributed by atoms with Gasteiger partial charge in [0.05, 0.1) is 0 Å². The number of halogens is 1. The van der Waals surface area contributed by atoms with E-state index in [4.69, 9.17) is 5.73 Å². The van der Waals surface area contributed by atoms with Crippen molar-refractivity contribution in [3.8, 4) is 0 Å². The Labute approximate surface area is 115 Å². The fourth-order valence-corrected chi connectivity index (χ4v) is 2.94. The Balaban J connectivity index is 1.93. The zero-order valence-corrected chi connectivity index (χ0v) is 11.9. The van der Waals surface area contributed by atoms with Crippen molar-refractivity contribution in [3.05, 3.63) is 29.6 Å². The van der Waals surface area contributed by atoms with Crippen molar-refractivity contribution in [2.75, 3.05) is 32.4 Å². The molecule has 1 heterocycles. The van der Waals surface area contributed by atoms with E-state index in [2.05, 4.69) is 23.8 Å². The summed E-state index contributed by atoms with van der Waals surface area (Å²) in [6.07, 6.45) is 2.55. The number of nitrogen functional groups attached to an aromatic ring is 1. The van der Waals surface area contributed by atoms with E-state index < -0.39 is 0 Å². The first-order chi connectivity index (χ1) is 9.10. The van der Waals surface area contributed by atoms with Crippen molar-refractivity contribution in [1.29, 1.82) is 0 Å². The molecule has 2 N–H and O–H groups in total. The summed E-state index contributed by atoms with van der Waals surface area (Å²) in [6, 6.07) is 5.23. The molecule has 0 aromatic heterocycles. The second-order valence-corrected chi connectivity index (χ2v) is 5.46. The van der Waals surface area contributed by atoms with Gasteiger partial charge in [0.15, 0.2) is 0 Å². The second kappa shape index (κ2) is 6.35. The van der Waals surface area contributed by atoms with Gasteiger partial charge in [-0.15, -0.1) is 0 Å². The van der Waals surface area contributed by atoms with Gasteiger partial charge < -0.3 is 10.6 Å². The zero-order valence-electron chi connectivity index (χ0n) is 11.9. The van der Waals surface area contributed by atoms with Crippen LogP contribution in [0.4, 0.5) is 10.1 Å². The van der Waals surface area contributed by atoms with E-state index in [0.717, 1.165) is 18.7 Å². The molecule has 0 aliphatic carbocycles. The minimum absolute atomic E-state index is 0.214. The molecule has 1 aromatic carbocycles. The average molecular weight is 265 g/mol. The molecule has 1 fully saturated rings. The molecule has 106 valence electrons. The fourth-order valence-electron chi connectivity index (χ4n) is 2.94. The van der Waals surface area contributed by atoms with E-state index in [1.807, 2.05) is 0 Å². The minimum atomic E-state index is -0.214. The lowest BCUT2D eigenvalue weighted by Crippen LogP contribution is -2.38. The van der Waals surface area contributed by atoms with Gasteiger partial charge in [-0.1, -0.05) is 6.92 Å². The molecule has 0 saturated carbocycles. The molecular formula is C15H24FN3. The molecule has 0 spiro atoms. The lowest BCUT2D eigenvalue weighted by Gasteiger charge is -2.28. The summed E-state index contributed by atoms with van der Waals surface area (Å²) in [5, 5.41) is 0. The highest BCUT2D eigenvalue weighted by Crippen LogP contribution is 2.19. The molecule has 1 unspecified atom stereocenters. The summed E-state index contributed by atoms with van der Waals surface area (Å²) in [6.45, 7) is 6.25. The number of hydrogen-bond acceptors (Lipinski definition) is 3. The van der Waals surface area contributed by atoms with Gasteiger partial charge in [-0.2, -0.15) is 0 Å². The molecule has 0 radical (unpaired) electrons. The van der Waals surface area contributed by atoms with Crippen LogP contribution in [0.1, 0.15) is 25.3 Å². The van der Waals surface area contributed by atoms with Crippen molar-refractivity contribution >= 4 is 5.69 Å². The summed E-state index contributed by atoms with van der Waals surface area (Å²) in [7, 11) is 2.08. The van der Waals surface area contributed by atoms with E-state index in [9.17, 15) is 4.39 Å². The van der Waals surface area contributed by atoms with Crippen LogP contribution in [0.25, 0.3) is 0 Å². The highest BCUT2D eigenvalue weighted by atomic mass is 19.1. The predicted octanol–water partition coefficient (Wildman–Crippen LogP) is 2.32. The summed E-state index contributed by atoms with van der Waals surface area (Å²) < 4.78 is 13.2. The van der Waals surface area contributed by atoms with Crippen LogP contribution >= 0.6 is 0 Å². The number of hydrogen-bond donors (Lipinski definition) is 1. The van der Waals surface area contributed by atoms with Crippen LogP contribution in [0.5, 0.6) is 0 Å². The van der Waals surface area contributed by atoms with Gasteiger partial charge in [0.2, 0.25) is 0 Å². The number of anilines is 1. The number of rotatable bonds is 5. The van der Waals surface area contributed by atoms with E-state index in [1.54, 1.807) is 6.07 Å². The van der Waals surface area contributed by atoms with Crippen LogP contribution in [0.2, 0.25) is 0 Å². The largest absolute Gasteiger partial charge is 0.398 e. The van der Waals surface area contributed by atoms with Crippen LogP contribution in [-0.4, -0.2) is 42.5 Å². The Hall–Kier alpha value is -1.13. The van der Waals surface area contributed by atoms with E-state index in [1.165, 1.54) is 31.5 Å². The van der Waals surface area contributed by atoms with Crippen molar-refractivity contribution in [3.63, 3.8) is 0 Å². The molecule has 1 aromatic rings. The molecule has 0 amide bonds. The normalized spacial score (nSPS) is 20.3. The topological polar surface area (TPSA) is 32.5 Å². The molecule has 4 heteroatoms. The highest BCUT2D eigenvalue weighted by Gasteiger charge is 2.24. The van der Waals surface area contributed by atoms with Crippen LogP contribution in [0, 0.1) is 5.82 Å². The van der Waals surface area contributed by atoms with Crippen molar-refractivity contribution < 1.29 is 4.39 Å². The molecule has 1 saturated heterocycles. The number of benzene rings is 1. The zero-order chi connectivity index (χ0) is 13.8. The van der Waals surface area contributed by atoms with Crippen molar-refractivity contribution in [1.82, 2.24) is 9.80 Å². The maximum absolute atomic E-state index is 13.2. The Morgan fingerprint density at radius 1 is 1.47 bits per heavy atom. The third kappa shape index (κ3) is 3.67. The van der Waals surface area contributed by atoms with Crippen LogP contribution < -0.4 is 5.73 Å². The SMILES string of the molecule is CCN1CCCC1CN(C)Cc1cc(F)ccc1N. The Morgan fingerprint density at radius 2 is 2.26 bits per heavy atom. The first-order valence-electron chi connectivity index (χ1n) is 7.06.